The number of esters is 1. The van der Waals surface area contributed by atoms with Crippen LogP contribution in [0.2, 0.25) is 10.0 Å². The molecule has 0 aliphatic carbocycles. The molecule has 1 aliphatic rings. The number of nitrogens with zero attached hydrogens (tertiary/aromatic N) is 2. The molecule has 5 nitrogen and oxygen atoms in total. The van der Waals surface area contributed by atoms with Crippen molar-refractivity contribution in [2.24, 2.45) is 0 Å². The fraction of sp³-hybridized carbons (Fsp3) is 0.158. The first-order valence-corrected chi connectivity index (χ1v) is 10.7. The molecule has 2 heterocycles. The van der Waals surface area contributed by atoms with Gasteiger partial charge in [-0.1, -0.05) is 41.4 Å². The van der Waals surface area contributed by atoms with Crippen LogP contribution in [0.1, 0.15) is 27.2 Å². The summed E-state index contributed by atoms with van der Waals surface area (Å²) in [5.41, 5.74) is -0.0177. The lowest BCUT2D eigenvalue weighted by molar-refractivity contribution is -0.137. The summed E-state index contributed by atoms with van der Waals surface area (Å²) in [5, 5.41) is 3.62. The summed E-state index contributed by atoms with van der Waals surface area (Å²) in [6.07, 6.45) is -4.64. The van der Waals surface area contributed by atoms with Crippen LogP contribution in [0.4, 0.5) is 13.2 Å². The summed E-state index contributed by atoms with van der Waals surface area (Å²) in [7, 11) is -1.23. The van der Waals surface area contributed by atoms with Crippen LogP contribution >= 0.6 is 23.2 Å². The number of fused-ring (bicyclic) bond motifs is 1. The molecule has 0 amide bonds. The third kappa shape index (κ3) is 3.84. The Balaban J connectivity index is 1.83. The first-order chi connectivity index (χ1) is 14.1. The number of hydrogen-bond donors (Lipinski definition) is 0. The highest BCUT2D eigenvalue weighted by atomic mass is 35.5. The van der Waals surface area contributed by atoms with Gasteiger partial charge >= 0.3 is 12.1 Å². The van der Waals surface area contributed by atoms with E-state index in [1.165, 1.54) is 0 Å². The Bertz CT molecular complexity index is 1160. The molecule has 156 valence electrons. The van der Waals surface area contributed by atoms with Crippen molar-refractivity contribution in [2.45, 2.75) is 17.7 Å². The van der Waals surface area contributed by atoms with Crippen LogP contribution in [-0.2, 0) is 28.5 Å². The van der Waals surface area contributed by atoms with Gasteiger partial charge in [0.05, 0.1) is 43.9 Å². The van der Waals surface area contributed by atoms with Gasteiger partial charge in [0.2, 0.25) is 5.88 Å². The van der Waals surface area contributed by atoms with Crippen molar-refractivity contribution in [3.63, 3.8) is 0 Å². The van der Waals surface area contributed by atoms with Crippen LogP contribution in [0.25, 0.3) is 5.69 Å². The number of benzene rings is 2. The molecule has 1 aliphatic heterocycles. The van der Waals surface area contributed by atoms with Gasteiger partial charge < -0.3 is 4.74 Å². The van der Waals surface area contributed by atoms with Gasteiger partial charge in [0.15, 0.2) is 0 Å². The van der Waals surface area contributed by atoms with Crippen molar-refractivity contribution in [3.8, 4) is 11.6 Å². The predicted octanol–water partition coefficient (Wildman–Crippen LogP) is 5.18. The molecule has 0 N–H and O–H groups in total. The number of ether oxygens (including phenoxy) is 1. The van der Waals surface area contributed by atoms with Crippen LogP contribution in [-0.4, -0.2) is 20.0 Å². The SMILES string of the molecule is O=C(Oc1c2c(nn1-c1c(Cl)cc(C(F)(F)F)cc1Cl)CS(=O)C2)c1ccccc1. The fourth-order valence-corrected chi connectivity index (χ4v) is 4.91. The smallest absolute Gasteiger partial charge is 0.403 e. The topological polar surface area (TPSA) is 61.2 Å². The van der Waals surface area contributed by atoms with E-state index in [9.17, 15) is 22.2 Å². The van der Waals surface area contributed by atoms with Gasteiger partial charge in [-0.2, -0.15) is 23.0 Å². The Morgan fingerprint density at radius 3 is 2.33 bits per heavy atom. The average Bonchev–Trinajstić information content (AvgIpc) is 3.18. The molecule has 0 saturated carbocycles. The number of aromatic nitrogens is 2. The minimum Gasteiger partial charge on any atom is -0.403 e. The molecule has 2 aromatic carbocycles. The highest BCUT2D eigenvalue weighted by Crippen LogP contribution is 2.41. The van der Waals surface area contributed by atoms with Crippen molar-refractivity contribution in [3.05, 3.63) is 74.9 Å². The molecule has 0 radical (unpaired) electrons. The van der Waals surface area contributed by atoms with Crippen LogP contribution in [0.5, 0.6) is 5.88 Å². The molecule has 1 aromatic heterocycles. The van der Waals surface area contributed by atoms with Gasteiger partial charge in [-0.05, 0) is 24.3 Å². The minimum atomic E-state index is -4.64. The number of carbonyl (C=O) groups excluding carboxylic acids is 1. The second kappa shape index (κ2) is 7.72. The van der Waals surface area contributed by atoms with Crippen molar-refractivity contribution < 1.29 is 26.9 Å². The number of halogens is 5. The largest absolute Gasteiger partial charge is 0.416 e. The standard InChI is InChI=1S/C19H11Cl2F3N2O3S/c20-13-6-11(19(22,23)24)7-14(21)16(13)26-17(12-8-30(28)9-15(12)25-26)29-18(27)10-4-2-1-3-5-10/h1-7H,8-9H2. The van der Waals surface area contributed by atoms with Gasteiger partial charge in [0.1, 0.15) is 5.69 Å². The van der Waals surface area contributed by atoms with Gasteiger partial charge in [-0.15, -0.1) is 0 Å². The van der Waals surface area contributed by atoms with Crippen LogP contribution in [0, 0.1) is 0 Å². The molecule has 0 bridgehead atoms. The van der Waals surface area contributed by atoms with Gasteiger partial charge in [0.25, 0.3) is 0 Å². The summed E-state index contributed by atoms with van der Waals surface area (Å²) < 4.78 is 57.7. The Hall–Kier alpha value is -2.36. The third-order valence-electron chi connectivity index (χ3n) is 4.38. The normalized spacial score (nSPS) is 15.8. The second-order valence-corrected chi connectivity index (χ2v) is 8.68. The van der Waals surface area contributed by atoms with Crippen LogP contribution < -0.4 is 4.74 Å². The first-order valence-electron chi connectivity index (χ1n) is 8.44. The lowest BCUT2D eigenvalue weighted by Gasteiger charge is -2.15. The maximum Gasteiger partial charge on any atom is 0.416 e. The maximum absolute atomic E-state index is 13.1. The predicted molar refractivity (Wildman–Crippen MR) is 106 cm³/mol. The Morgan fingerprint density at radius 2 is 1.73 bits per heavy atom. The Kier molecular flexibility index (Phi) is 5.37. The maximum atomic E-state index is 13.1. The van der Waals surface area contributed by atoms with Crippen LogP contribution in [0.3, 0.4) is 0 Å². The van der Waals surface area contributed by atoms with E-state index in [1.807, 2.05) is 0 Å². The fourth-order valence-electron chi connectivity index (χ4n) is 3.01. The highest BCUT2D eigenvalue weighted by molar-refractivity contribution is 7.83. The summed E-state index contributed by atoms with van der Waals surface area (Å²) in [4.78, 5) is 12.6. The third-order valence-corrected chi connectivity index (χ3v) is 6.16. The Morgan fingerprint density at radius 1 is 1.10 bits per heavy atom. The van der Waals surface area contributed by atoms with Gasteiger partial charge in [-0.3, -0.25) is 4.21 Å². The molecule has 11 heteroatoms. The molecule has 1 unspecified atom stereocenters. The molecule has 1 atom stereocenters. The summed E-state index contributed by atoms with van der Waals surface area (Å²) in [6.45, 7) is 0. The molecule has 0 saturated heterocycles. The number of alkyl halides is 3. The van der Waals surface area contributed by atoms with Crippen molar-refractivity contribution in [2.75, 3.05) is 0 Å². The van der Waals surface area contributed by atoms with Gasteiger partial charge in [-0.25, -0.2) is 4.79 Å². The summed E-state index contributed by atoms with van der Waals surface area (Å²) in [6, 6.07) is 9.55. The molecule has 3 aromatic rings. The van der Waals surface area contributed by atoms with Crippen molar-refractivity contribution >= 4 is 40.0 Å². The highest BCUT2D eigenvalue weighted by Gasteiger charge is 2.35. The van der Waals surface area contributed by atoms with Crippen LogP contribution in [0.15, 0.2) is 42.5 Å². The van der Waals surface area contributed by atoms with E-state index >= 15 is 0 Å². The summed E-state index contributed by atoms with van der Waals surface area (Å²) >= 11 is 12.2. The van der Waals surface area contributed by atoms with E-state index in [0.29, 0.717) is 11.3 Å². The van der Waals surface area contributed by atoms with E-state index in [4.69, 9.17) is 27.9 Å². The zero-order valence-electron chi connectivity index (χ0n) is 14.9. The van der Waals surface area contributed by atoms with Gasteiger partial charge in [0, 0.05) is 10.8 Å². The summed E-state index contributed by atoms with van der Waals surface area (Å²) in [5.74, 6) is -0.582. The molecule has 30 heavy (non-hydrogen) atoms. The number of rotatable bonds is 3. The minimum absolute atomic E-state index is 0.0672. The van der Waals surface area contributed by atoms with E-state index < -0.39 is 28.5 Å². The molecule has 4 rings (SSSR count). The first kappa shape index (κ1) is 20.9. The zero-order valence-corrected chi connectivity index (χ0v) is 17.2. The second-order valence-electron chi connectivity index (χ2n) is 6.41. The van der Waals surface area contributed by atoms with Crippen molar-refractivity contribution in [1.82, 2.24) is 9.78 Å². The molecule has 0 spiro atoms. The molecular weight excluding hydrogens is 464 g/mol. The van der Waals surface area contributed by atoms with E-state index in [0.717, 1.165) is 16.8 Å². The monoisotopic (exact) mass is 474 g/mol. The number of hydrogen-bond acceptors (Lipinski definition) is 4. The van der Waals surface area contributed by atoms with Crippen molar-refractivity contribution in [1.29, 1.82) is 0 Å². The van der Waals surface area contributed by atoms with E-state index in [-0.39, 0.29) is 38.7 Å². The lowest BCUT2D eigenvalue weighted by Crippen LogP contribution is -2.14. The van der Waals surface area contributed by atoms with E-state index in [2.05, 4.69) is 5.10 Å². The molecule has 0 fully saturated rings. The molecular formula is C19H11Cl2F3N2O3S. The lowest BCUT2D eigenvalue weighted by atomic mass is 10.2. The number of carbonyl (C=O) groups is 1. The quantitative estimate of drug-likeness (QED) is 0.490. The van der Waals surface area contributed by atoms with E-state index in [1.54, 1.807) is 30.3 Å². The average molecular weight is 475 g/mol. The Labute approximate surface area is 180 Å². The zero-order chi connectivity index (χ0) is 21.6.